The Hall–Kier alpha value is -1.12. The Morgan fingerprint density at radius 1 is 1.00 bits per heavy atom. The van der Waals surface area contributed by atoms with E-state index >= 15 is 0 Å². The predicted molar refractivity (Wildman–Crippen MR) is 92.6 cm³/mol. The highest BCUT2D eigenvalue weighted by Crippen LogP contribution is 2.38. The van der Waals surface area contributed by atoms with E-state index in [2.05, 4.69) is 83.6 Å². The van der Waals surface area contributed by atoms with E-state index < -0.39 is 0 Å². The topological polar surface area (TPSA) is 12.0 Å². The third-order valence-corrected chi connectivity index (χ3v) is 5.07. The summed E-state index contributed by atoms with van der Waals surface area (Å²) in [6, 6.07) is 18.7. The fourth-order valence-electron chi connectivity index (χ4n) is 3.07. The van der Waals surface area contributed by atoms with Crippen LogP contribution >= 0.6 is 15.9 Å². The number of hydrogen-bond donors (Lipinski definition) is 1. The molecule has 0 aliphatic heterocycles. The highest BCUT2D eigenvalue weighted by atomic mass is 79.9. The Kier molecular flexibility index (Phi) is 4.46. The van der Waals surface area contributed by atoms with Crippen molar-refractivity contribution in [2.24, 2.45) is 0 Å². The van der Waals surface area contributed by atoms with E-state index in [1.807, 2.05) is 0 Å². The largest absolute Gasteiger partial charge is 0.307 e. The zero-order valence-electron chi connectivity index (χ0n) is 12.6. The Morgan fingerprint density at radius 2 is 1.62 bits per heavy atom. The molecule has 0 heterocycles. The highest BCUT2D eigenvalue weighted by molar-refractivity contribution is 9.10. The van der Waals surface area contributed by atoms with Gasteiger partial charge >= 0.3 is 0 Å². The molecule has 3 rings (SSSR count). The smallest absolute Gasteiger partial charge is 0.0294 e. The van der Waals surface area contributed by atoms with Crippen LogP contribution in [0.3, 0.4) is 0 Å². The molecular weight excluding hydrogens is 322 g/mol. The normalized spacial score (nSPS) is 22.6. The number of benzene rings is 2. The van der Waals surface area contributed by atoms with E-state index in [4.69, 9.17) is 0 Å². The Bertz CT molecular complexity index is 582. The molecule has 1 saturated carbocycles. The second-order valence-corrected chi connectivity index (χ2v) is 7.13. The van der Waals surface area contributed by atoms with Crippen molar-refractivity contribution in [1.82, 2.24) is 5.32 Å². The molecule has 1 atom stereocenters. The van der Waals surface area contributed by atoms with Crippen LogP contribution in [0.5, 0.6) is 0 Å². The van der Waals surface area contributed by atoms with Crippen molar-refractivity contribution in [3.63, 3.8) is 0 Å². The molecule has 0 unspecified atom stereocenters. The van der Waals surface area contributed by atoms with Gasteiger partial charge in [-0.3, -0.25) is 0 Å². The molecule has 1 fully saturated rings. The number of rotatable bonds is 4. The Labute approximate surface area is 135 Å². The van der Waals surface area contributed by atoms with Crippen LogP contribution in [-0.2, 0) is 0 Å². The summed E-state index contributed by atoms with van der Waals surface area (Å²) >= 11 is 3.49. The van der Waals surface area contributed by atoms with Gasteiger partial charge in [0.05, 0.1) is 0 Å². The van der Waals surface area contributed by atoms with Gasteiger partial charge in [0.25, 0.3) is 0 Å². The van der Waals surface area contributed by atoms with E-state index in [0.717, 1.165) is 10.4 Å². The molecule has 2 aromatic carbocycles. The molecule has 2 aromatic rings. The van der Waals surface area contributed by atoms with E-state index in [1.54, 1.807) is 0 Å². The maximum absolute atomic E-state index is 3.75. The van der Waals surface area contributed by atoms with Crippen molar-refractivity contribution in [3.05, 3.63) is 69.7 Å². The van der Waals surface area contributed by atoms with E-state index in [1.165, 1.54) is 29.5 Å². The van der Waals surface area contributed by atoms with Crippen LogP contribution in [0.15, 0.2) is 53.0 Å². The summed E-state index contributed by atoms with van der Waals surface area (Å²) in [6.07, 6.45) is 2.51. The summed E-state index contributed by atoms with van der Waals surface area (Å²) in [4.78, 5) is 0. The van der Waals surface area contributed by atoms with Crippen LogP contribution in [0.2, 0.25) is 0 Å². The first-order chi connectivity index (χ1) is 10.1. The molecule has 1 aliphatic rings. The lowest BCUT2D eigenvalue weighted by Gasteiger charge is -2.38. The molecule has 1 N–H and O–H groups in total. The molecule has 1 aliphatic carbocycles. The first kappa shape index (κ1) is 14.8. The van der Waals surface area contributed by atoms with Gasteiger partial charge in [-0.2, -0.15) is 0 Å². The van der Waals surface area contributed by atoms with E-state index in [9.17, 15) is 0 Å². The zero-order chi connectivity index (χ0) is 14.8. The molecule has 21 heavy (non-hydrogen) atoms. The molecule has 0 saturated heterocycles. The average Bonchev–Trinajstić information content (AvgIpc) is 2.44. The Balaban J connectivity index is 1.52. The van der Waals surface area contributed by atoms with Gasteiger partial charge in [-0.25, -0.2) is 0 Å². The van der Waals surface area contributed by atoms with Gasteiger partial charge in [-0.1, -0.05) is 57.9 Å². The van der Waals surface area contributed by atoms with Gasteiger partial charge in [0, 0.05) is 16.6 Å². The molecule has 110 valence electrons. The van der Waals surface area contributed by atoms with Gasteiger partial charge in [-0.15, -0.1) is 0 Å². The van der Waals surface area contributed by atoms with E-state index in [0.29, 0.717) is 12.1 Å². The van der Waals surface area contributed by atoms with Crippen LogP contribution < -0.4 is 5.32 Å². The van der Waals surface area contributed by atoms with Crippen molar-refractivity contribution in [2.45, 2.75) is 44.7 Å². The minimum atomic E-state index is 0.419. The monoisotopic (exact) mass is 343 g/mol. The maximum atomic E-state index is 3.75. The van der Waals surface area contributed by atoms with Gasteiger partial charge in [-0.05, 0) is 55.9 Å². The summed E-state index contributed by atoms with van der Waals surface area (Å²) < 4.78 is 1.14. The lowest BCUT2D eigenvalue weighted by atomic mass is 9.75. The molecule has 0 amide bonds. The van der Waals surface area contributed by atoms with Crippen LogP contribution in [0.1, 0.15) is 48.4 Å². The summed E-state index contributed by atoms with van der Waals surface area (Å²) in [7, 11) is 0. The molecule has 0 aromatic heterocycles. The summed E-state index contributed by atoms with van der Waals surface area (Å²) in [5.41, 5.74) is 4.20. The SMILES string of the molecule is Cc1ccc(C2CC(N[C@@H](C)c3ccc(Br)cc3)C2)cc1. The van der Waals surface area contributed by atoms with Crippen LogP contribution in [-0.4, -0.2) is 6.04 Å². The summed E-state index contributed by atoms with van der Waals surface area (Å²) in [5.74, 6) is 0.736. The lowest BCUT2D eigenvalue weighted by molar-refractivity contribution is 0.271. The first-order valence-electron chi connectivity index (χ1n) is 7.70. The Morgan fingerprint density at radius 3 is 2.24 bits per heavy atom. The van der Waals surface area contributed by atoms with E-state index in [-0.39, 0.29) is 0 Å². The molecule has 0 radical (unpaired) electrons. The molecular formula is C19H22BrN. The fourth-order valence-corrected chi connectivity index (χ4v) is 3.33. The van der Waals surface area contributed by atoms with Crippen molar-refractivity contribution < 1.29 is 0 Å². The van der Waals surface area contributed by atoms with Crippen molar-refractivity contribution in [1.29, 1.82) is 0 Å². The van der Waals surface area contributed by atoms with Gasteiger partial charge in [0.15, 0.2) is 0 Å². The fraction of sp³-hybridized carbons (Fsp3) is 0.368. The lowest BCUT2D eigenvalue weighted by Crippen LogP contribution is -2.41. The van der Waals surface area contributed by atoms with Crippen molar-refractivity contribution >= 4 is 15.9 Å². The molecule has 0 spiro atoms. The van der Waals surface area contributed by atoms with Crippen LogP contribution in [0.4, 0.5) is 0 Å². The van der Waals surface area contributed by atoms with Crippen molar-refractivity contribution in [2.75, 3.05) is 0 Å². The third-order valence-electron chi connectivity index (χ3n) is 4.54. The van der Waals surface area contributed by atoms with Gasteiger partial charge < -0.3 is 5.32 Å². The predicted octanol–water partition coefficient (Wildman–Crippen LogP) is 5.35. The van der Waals surface area contributed by atoms with Gasteiger partial charge in [0.2, 0.25) is 0 Å². The highest BCUT2D eigenvalue weighted by Gasteiger charge is 2.30. The first-order valence-corrected chi connectivity index (χ1v) is 8.49. The second-order valence-electron chi connectivity index (χ2n) is 6.22. The number of aryl methyl sites for hydroxylation is 1. The quantitative estimate of drug-likeness (QED) is 0.788. The van der Waals surface area contributed by atoms with Crippen LogP contribution in [0.25, 0.3) is 0 Å². The van der Waals surface area contributed by atoms with Gasteiger partial charge in [0.1, 0.15) is 0 Å². The zero-order valence-corrected chi connectivity index (χ0v) is 14.2. The summed E-state index contributed by atoms with van der Waals surface area (Å²) in [5, 5.41) is 3.75. The third kappa shape index (κ3) is 3.56. The van der Waals surface area contributed by atoms with Crippen LogP contribution in [0, 0.1) is 6.92 Å². The maximum Gasteiger partial charge on any atom is 0.0294 e. The summed E-state index contributed by atoms with van der Waals surface area (Å²) in [6.45, 7) is 4.40. The molecule has 2 heteroatoms. The number of halogens is 1. The van der Waals surface area contributed by atoms with Crippen molar-refractivity contribution in [3.8, 4) is 0 Å². The number of hydrogen-bond acceptors (Lipinski definition) is 1. The number of nitrogens with one attached hydrogen (secondary N) is 1. The second kappa shape index (κ2) is 6.33. The molecule has 0 bridgehead atoms. The minimum absolute atomic E-state index is 0.419. The standard InChI is InChI=1S/C19H22BrN/c1-13-3-5-16(6-4-13)17-11-19(12-17)21-14(2)15-7-9-18(20)10-8-15/h3-10,14,17,19,21H,11-12H2,1-2H3/t14-,17?,19?/m0/s1. The average molecular weight is 344 g/mol. The molecule has 1 nitrogen and oxygen atoms in total. The minimum Gasteiger partial charge on any atom is -0.307 e.